The molecular weight excluding hydrogens is 328 g/mol. The molecule has 1 unspecified atom stereocenters. The van der Waals surface area contributed by atoms with E-state index in [4.69, 9.17) is 4.74 Å². The van der Waals surface area contributed by atoms with Crippen LogP contribution in [0.1, 0.15) is 22.7 Å². The maximum Gasteiger partial charge on any atom is 0.319 e. The summed E-state index contributed by atoms with van der Waals surface area (Å²) < 4.78 is 5.33. The van der Waals surface area contributed by atoms with Crippen molar-refractivity contribution in [3.63, 3.8) is 0 Å². The third kappa shape index (κ3) is 3.83. The van der Waals surface area contributed by atoms with Crippen molar-refractivity contribution in [2.45, 2.75) is 19.8 Å². The predicted molar refractivity (Wildman–Crippen MR) is 92.9 cm³/mol. The van der Waals surface area contributed by atoms with Gasteiger partial charge in [0.25, 0.3) is 5.91 Å². The molecule has 0 aliphatic carbocycles. The Kier molecular flexibility index (Phi) is 4.66. The topological polar surface area (TPSA) is 92.3 Å². The fourth-order valence-electron chi connectivity index (χ4n) is 2.26. The van der Waals surface area contributed by atoms with Gasteiger partial charge in [-0.1, -0.05) is 6.92 Å². The Morgan fingerprint density at radius 2 is 2.33 bits per heavy atom. The van der Waals surface area contributed by atoms with Crippen LogP contribution in [0.4, 0.5) is 16.2 Å². The second-order valence-corrected chi connectivity index (χ2v) is 6.86. The average molecular weight is 346 g/mol. The first-order chi connectivity index (χ1) is 11.5. The fraction of sp³-hybridized carbons (Fsp3) is 0.312. The summed E-state index contributed by atoms with van der Waals surface area (Å²) in [7, 11) is 0. The number of rotatable bonds is 4. The van der Waals surface area contributed by atoms with Crippen LogP contribution in [0, 0.1) is 6.92 Å². The molecule has 2 aromatic rings. The number of anilines is 2. The lowest BCUT2D eigenvalue weighted by Gasteiger charge is -2.18. The Balaban J connectivity index is 1.54. The highest BCUT2D eigenvalue weighted by Crippen LogP contribution is 2.30. The summed E-state index contributed by atoms with van der Waals surface area (Å²) in [6, 6.07) is 4.79. The summed E-state index contributed by atoms with van der Waals surface area (Å²) in [6.45, 7) is 4.51. The van der Waals surface area contributed by atoms with Gasteiger partial charge in [-0.3, -0.25) is 4.79 Å². The SMILES string of the molecule is Cc1cnc(C(C)CNC(=O)Nc2ccc3c(c2)OCC(=O)N3)s1. The molecule has 0 saturated heterocycles. The molecule has 1 atom stereocenters. The van der Waals surface area contributed by atoms with Gasteiger partial charge in [-0.25, -0.2) is 9.78 Å². The van der Waals surface area contributed by atoms with E-state index in [1.807, 2.05) is 20.0 Å². The van der Waals surface area contributed by atoms with E-state index in [0.717, 1.165) is 9.88 Å². The van der Waals surface area contributed by atoms with Gasteiger partial charge in [0, 0.05) is 35.3 Å². The van der Waals surface area contributed by atoms with E-state index in [9.17, 15) is 9.59 Å². The van der Waals surface area contributed by atoms with Gasteiger partial charge < -0.3 is 20.7 Å². The molecule has 7 nitrogen and oxygen atoms in total. The zero-order valence-electron chi connectivity index (χ0n) is 13.4. The number of ether oxygens (including phenoxy) is 1. The summed E-state index contributed by atoms with van der Waals surface area (Å²) in [5, 5.41) is 9.30. The monoisotopic (exact) mass is 346 g/mol. The highest BCUT2D eigenvalue weighted by molar-refractivity contribution is 7.11. The van der Waals surface area contributed by atoms with Gasteiger partial charge in [-0.2, -0.15) is 0 Å². The van der Waals surface area contributed by atoms with Crippen LogP contribution in [-0.2, 0) is 4.79 Å². The van der Waals surface area contributed by atoms with Crippen molar-refractivity contribution >= 4 is 34.6 Å². The Labute approximate surface area is 143 Å². The minimum absolute atomic E-state index is 0.0204. The molecule has 0 radical (unpaired) electrons. The number of aryl methyl sites for hydroxylation is 1. The van der Waals surface area contributed by atoms with E-state index in [2.05, 4.69) is 20.9 Å². The number of hydrogen-bond donors (Lipinski definition) is 3. The minimum atomic E-state index is -0.296. The molecule has 3 N–H and O–H groups in total. The second-order valence-electron chi connectivity index (χ2n) is 5.59. The Bertz CT molecular complexity index is 774. The minimum Gasteiger partial charge on any atom is -0.482 e. The van der Waals surface area contributed by atoms with Gasteiger partial charge in [0.15, 0.2) is 6.61 Å². The normalized spacial score (nSPS) is 14.2. The van der Waals surface area contributed by atoms with Crippen LogP contribution < -0.4 is 20.7 Å². The standard InChI is InChI=1S/C16H18N4O3S/c1-9(15-17-7-10(2)24-15)6-18-16(22)19-11-3-4-12-13(5-11)23-8-14(21)20-12/h3-5,7,9H,6,8H2,1-2H3,(H,20,21)(H2,18,19,22). The molecule has 1 aliphatic heterocycles. The lowest BCUT2D eigenvalue weighted by molar-refractivity contribution is -0.118. The van der Waals surface area contributed by atoms with Gasteiger partial charge in [-0.15, -0.1) is 11.3 Å². The van der Waals surface area contributed by atoms with Gasteiger partial charge in [0.05, 0.1) is 10.7 Å². The van der Waals surface area contributed by atoms with Crippen LogP contribution in [0.15, 0.2) is 24.4 Å². The summed E-state index contributed by atoms with van der Waals surface area (Å²) in [5.41, 5.74) is 1.20. The molecule has 0 spiro atoms. The quantitative estimate of drug-likeness (QED) is 0.794. The number of aromatic nitrogens is 1. The first kappa shape index (κ1) is 16.3. The number of urea groups is 1. The largest absolute Gasteiger partial charge is 0.482 e. The highest BCUT2D eigenvalue weighted by atomic mass is 32.1. The Hall–Kier alpha value is -2.61. The molecule has 3 rings (SSSR count). The van der Waals surface area contributed by atoms with Crippen molar-refractivity contribution in [2.24, 2.45) is 0 Å². The molecule has 0 bridgehead atoms. The summed E-state index contributed by atoms with van der Waals surface area (Å²) in [5.74, 6) is 0.503. The molecule has 8 heteroatoms. The van der Waals surface area contributed by atoms with Crippen LogP contribution in [0.2, 0.25) is 0 Å². The van der Waals surface area contributed by atoms with Gasteiger partial charge in [-0.05, 0) is 19.1 Å². The summed E-state index contributed by atoms with van der Waals surface area (Å²) in [6.07, 6.45) is 1.84. The van der Waals surface area contributed by atoms with E-state index in [1.54, 1.807) is 29.5 Å². The van der Waals surface area contributed by atoms with E-state index in [0.29, 0.717) is 23.7 Å². The Morgan fingerprint density at radius 3 is 3.08 bits per heavy atom. The second kappa shape index (κ2) is 6.88. The zero-order valence-corrected chi connectivity index (χ0v) is 14.2. The van der Waals surface area contributed by atoms with Crippen LogP contribution in [0.5, 0.6) is 5.75 Å². The van der Waals surface area contributed by atoms with Crippen molar-refractivity contribution in [3.05, 3.63) is 34.3 Å². The number of carbonyl (C=O) groups excluding carboxylic acids is 2. The number of hydrogen-bond acceptors (Lipinski definition) is 5. The van der Waals surface area contributed by atoms with Crippen LogP contribution in [-0.4, -0.2) is 30.1 Å². The van der Waals surface area contributed by atoms with Crippen molar-refractivity contribution in [2.75, 3.05) is 23.8 Å². The predicted octanol–water partition coefficient (Wildman–Crippen LogP) is 2.71. The van der Waals surface area contributed by atoms with Crippen molar-refractivity contribution < 1.29 is 14.3 Å². The van der Waals surface area contributed by atoms with Crippen LogP contribution in [0.3, 0.4) is 0 Å². The summed E-state index contributed by atoms with van der Waals surface area (Å²) in [4.78, 5) is 28.7. The number of amides is 3. The molecule has 2 heterocycles. The molecule has 1 aromatic heterocycles. The first-order valence-electron chi connectivity index (χ1n) is 7.55. The van der Waals surface area contributed by atoms with Gasteiger partial charge >= 0.3 is 6.03 Å². The van der Waals surface area contributed by atoms with E-state index < -0.39 is 0 Å². The molecule has 24 heavy (non-hydrogen) atoms. The smallest absolute Gasteiger partial charge is 0.319 e. The molecular formula is C16H18N4O3S. The van der Waals surface area contributed by atoms with E-state index in [1.165, 1.54) is 0 Å². The maximum atomic E-state index is 12.0. The molecule has 0 saturated carbocycles. The van der Waals surface area contributed by atoms with E-state index in [-0.39, 0.29) is 24.5 Å². The molecule has 1 aliphatic rings. The number of fused-ring (bicyclic) bond motifs is 1. The lowest BCUT2D eigenvalue weighted by atomic mass is 10.2. The number of thiazole rings is 1. The first-order valence-corrected chi connectivity index (χ1v) is 8.37. The van der Waals surface area contributed by atoms with E-state index >= 15 is 0 Å². The number of nitrogens with zero attached hydrogens (tertiary/aromatic N) is 1. The highest BCUT2D eigenvalue weighted by Gasteiger charge is 2.17. The van der Waals surface area contributed by atoms with Crippen LogP contribution in [0.25, 0.3) is 0 Å². The molecule has 0 fully saturated rings. The maximum absolute atomic E-state index is 12.0. The lowest BCUT2D eigenvalue weighted by Crippen LogP contribution is -2.32. The third-order valence-corrected chi connectivity index (χ3v) is 4.65. The van der Waals surface area contributed by atoms with Gasteiger partial charge in [0.2, 0.25) is 0 Å². The van der Waals surface area contributed by atoms with Gasteiger partial charge in [0.1, 0.15) is 5.75 Å². The van der Waals surface area contributed by atoms with Crippen LogP contribution >= 0.6 is 11.3 Å². The molecule has 126 valence electrons. The molecule has 3 amide bonds. The third-order valence-electron chi connectivity index (χ3n) is 3.50. The summed E-state index contributed by atoms with van der Waals surface area (Å²) >= 11 is 1.63. The fourth-order valence-corrected chi connectivity index (χ4v) is 3.09. The Morgan fingerprint density at radius 1 is 1.50 bits per heavy atom. The average Bonchev–Trinajstić information content (AvgIpc) is 2.99. The number of carbonyl (C=O) groups is 2. The molecule has 1 aromatic carbocycles. The van der Waals surface area contributed by atoms with Crippen molar-refractivity contribution in [1.82, 2.24) is 10.3 Å². The van der Waals surface area contributed by atoms with Crippen molar-refractivity contribution in [1.29, 1.82) is 0 Å². The zero-order chi connectivity index (χ0) is 17.1. The number of nitrogens with one attached hydrogen (secondary N) is 3. The number of benzene rings is 1. The van der Waals surface area contributed by atoms with Crippen molar-refractivity contribution in [3.8, 4) is 5.75 Å².